The van der Waals surface area contributed by atoms with Crippen LogP contribution < -0.4 is 10.5 Å². The Kier molecular flexibility index (Phi) is 7.21. The van der Waals surface area contributed by atoms with E-state index >= 15 is 0 Å². The minimum absolute atomic E-state index is 0.198. The number of carbonyl (C=O) groups excluding carboxylic acids is 1. The number of carbonyl (C=O) groups is 1. The summed E-state index contributed by atoms with van der Waals surface area (Å²) in [5.74, 6) is 5.57. The third-order valence-corrected chi connectivity index (χ3v) is 2.71. The molecule has 2 N–H and O–H groups in total. The van der Waals surface area contributed by atoms with Crippen molar-refractivity contribution in [1.82, 2.24) is 4.98 Å². The van der Waals surface area contributed by atoms with Gasteiger partial charge in [-0.3, -0.25) is 4.79 Å². The number of nitrogens with two attached hydrogens (primary N) is 1. The van der Waals surface area contributed by atoms with Crippen molar-refractivity contribution in [3.63, 3.8) is 0 Å². The van der Waals surface area contributed by atoms with E-state index in [-0.39, 0.29) is 11.4 Å². The molecule has 0 saturated carbocycles. The van der Waals surface area contributed by atoms with Crippen LogP contribution in [0.15, 0.2) is 42.6 Å². The van der Waals surface area contributed by atoms with Crippen LogP contribution in [-0.4, -0.2) is 18.0 Å². The molecule has 0 atom stereocenters. The monoisotopic (exact) mass is 296 g/mol. The summed E-state index contributed by atoms with van der Waals surface area (Å²) < 4.78 is 5.03. The molecule has 1 aromatic carbocycles. The van der Waals surface area contributed by atoms with Gasteiger partial charge in [-0.1, -0.05) is 56.0 Å². The highest BCUT2D eigenvalue weighted by Gasteiger charge is 2.14. The number of benzene rings is 1. The minimum Gasteiger partial charge on any atom is -0.480 e. The molecule has 0 aliphatic heterocycles. The number of ether oxygens (including phenoxy) is 1. The highest BCUT2D eigenvalue weighted by atomic mass is 16.5. The van der Waals surface area contributed by atoms with E-state index in [9.17, 15) is 4.79 Å². The van der Waals surface area contributed by atoms with Crippen LogP contribution in [0.3, 0.4) is 0 Å². The van der Waals surface area contributed by atoms with Crippen LogP contribution in [-0.2, 0) is 6.42 Å². The van der Waals surface area contributed by atoms with E-state index in [1.165, 1.54) is 13.3 Å². The fraction of sp³-hybridized carbons (Fsp3) is 0.222. The van der Waals surface area contributed by atoms with Gasteiger partial charge in [0, 0.05) is 18.2 Å². The zero-order chi connectivity index (χ0) is 16.4. The van der Waals surface area contributed by atoms with Gasteiger partial charge in [0.2, 0.25) is 5.88 Å². The molecule has 0 spiro atoms. The Morgan fingerprint density at radius 3 is 2.50 bits per heavy atom. The van der Waals surface area contributed by atoms with Crippen molar-refractivity contribution < 1.29 is 9.53 Å². The number of amides is 1. The SMILES string of the molecule is CC.COc1nccc(C#CCc2ccccc2)c1C(N)=O. The number of primary amides is 1. The summed E-state index contributed by atoms with van der Waals surface area (Å²) in [5.41, 5.74) is 7.21. The van der Waals surface area contributed by atoms with Crippen LogP contribution in [0.25, 0.3) is 0 Å². The number of methoxy groups -OCH3 is 1. The number of rotatable bonds is 3. The Labute approximate surface area is 131 Å². The van der Waals surface area contributed by atoms with Gasteiger partial charge in [-0.15, -0.1) is 0 Å². The first-order valence-corrected chi connectivity index (χ1v) is 7.08. The van der Waals surface area contributed by atoms with E-state index < -0.39 is 5.91 Å². The smallest absolute Gasteiger partial charge is 0.255 e. The second kappa shape index (κ2) is 9.19. The molecule has 1 amide bonds. The first-order valence-electron chi connectivity index (χ1n) is 7.08. The second-order valence-electron chi connectivity index (χ2n) is 4.07. The summed E-state index contributed by atoms with van der Waals surface area (Å²) in [4.78, 5) is 15.4. The van der Waals surface area contributed by atoms with Crippen molar-refractivity contribution in [3.8, 4) is 17.7 Å². The van der Waals surface area contributed by atoms with E-state index in [1.54, 1.807) is 6.07 Å². The maximum Gasteiger partial charge on any atom is 0.255 e. The van der Waals surface area contributed by atoms with E-state index in [2.05, 4.69) is 16.8 Å². The number of aromatic nitrogens is 1. The molecule has 114 valence electrons. The average molecular weight is 296 g/mol. The van der Waals surface area contributed by atoms with Gasteiger partial charge >= 0.3 is 0 Å². The van der Waals surface area contributed by atoms with Crippen LogP contribution in [0.1, 0.15) is 35.3 Å². The zero-order valence-corrected chi connectivity index (χ0v) is 13.1. The van der Waals surface area contributed by atoms with E-state index in [4.69, 9.17) is 10.5 Å². The minimum atomic E-state index is -0.598. The number of hydrogen-bond donors (Lipinski definition) is 1. The Morgan fingerprint density at radius 1 is 1.23 bits per heavy atom. The molecule has 0 fully saturated rings. The van der Waals surface area contributed by atoms with Crippen molar-refractivity contribution >= 4 is 5.91 Å². The van der Waals surface area contributed by atoms with Gasteiger partial charge in [0.05, 0.1) is 7.11 Å². The summed E-state index contributed by atoms with van der Waals surface area (Å²) in [6, 6.07) is 11.5. The molecule has 0 bridgehead atoms. The zero-order valence-electron chi connectivity index (χ0n) is 13.1. The standard InChI is InChI=1S/C16H14N2O2.C2H6/c1-20-16-14(15(17)19)13(10-11-18-16)9-5-8-12-6-3-2-4-7-12;1-2/h2-4,6-7,10-11H,8H2,1H3,(H2,17,19);1-2H3. The van der Waals surface area contributed by atoms with Gasteiger partial charge in [0.25, 0.3) is 5.91 Å². The van der Waals surface area contributed by atoms with Gasteiger partial charge in [-0.05, 0) is 11.6 Å². The van der Waals surface area contributed by atoms with Crippen molar-refractivity contribution in [1.29, 1.82) is 0 Å². The first-order chi connectivity index (χ1) is 10.7. The predicted molar refractivity (Wildman–Crippen MR) is 87.7 cm³/mol. The lowest BCUT2D eigenvalue weighted by molar-refractivity contribution is 0.0996. The highest BCUT2D eigenvalue weighted by molar-refractivity contribution is 5.97. The summed E-state index contributed by atoms with van der Waals surface area (Å²) in [6.07, 6.45) is 2.14. The molecule has 0 saturated heterocycles. The van der Waals surface area contributed by atoms with Gasteiger partial charge < -0.3 is 10.5 Å². The molecule has 0 aliphatic carbocycles. The Bertz CT molecular complexity index is 670. The van der Waals surface area contributed by atoms with Crippen LogP contribution >= 0.6 is 0 Å². The Hall–Kier alpha value is -2.80. The average Bonchev–Trinajstić information content (AvgIpc) is 2.57. The van der Waals surface area contributed by atoms with E-state index in [0.717, 1.165) is 5.56 Å². The van der Waals surface area contributed by atoms with Gasteiger partial charge in [0.15, 0.2) is 0 Å². The second-order valence-corrected chi connectivity index (χ2v) is 4.07. The fourth-order valence-electron chi connectivity index (χ4n) is 1.78. The van der Waals surface area contributed by atoms with Crippen molar-refractivity contribution in [3.05, 3.63) is 59.3 Å². The van der Waals surface area contributed by atoms with Crippen molar-refractivity contribution in [2.45, 2.75) is 20.3 Å². The normalized spacial score (nSPS) is 8.86. The molecule has 0 unspecified atom stereocenters. The quantitative estimate of drug-likeness (QED) is 0.886. The molecular formula is C18H20N2O2. The molecule has 22 heavy (non-hydrogen) atoms. The molecule has 1 heterocycles. The van der Waals surface area contributed by atoms with Crippen molar-refractivity contribution in [2.24, 2.45) is 5.73 Å². The largest absolute Gasteiger partial charge is 0.480 e. The fourth-order valence-corrected chi connectivity index (χ4v) is 1.78. The van der Waals surface area contributed by atoms with Gasteiger partial charge in [0.1, 0.15) is 5.56 Å². The summed E-state index contributed by atoms with van der Waals surface area (Å²) in [6.45, 7) is 4.00. The molecule has 2 rings (SSSR count). The maximum absolute atomic E-state index is 11.5. The number of pyridine rings is 1. The Morgan fingerprint density at radius 2 is 1.91 bits per heavy atom. The lowest BCUT2D eigenvalue weighted by atomic mass is 10.1. The molecule has 0 aliphatic rings. The van der Waals surface area contributed by atoms with E-state index in [0.29, 0.717) is 12.0 Å². The lowest BCUT2D eigenvalue weighted by Crippen LogP contribution is -2.15. The predicted octanol–water partition coefficient (Wildman–Crippen LogP) is 2.81. The molecule has 4 heteroatoms. The van der Waals surface area contributed by atoms with Gasteiger partial charge in [-0.2, -0.15) is 0 Å². The maximum atomic E-state index is 11.5. The molecule has 1 aromatic heterocycles. The summed E-state index contributed by atoms with van der Waals surface area (Å²) in [5, 5.41) is 0. The van der Waals surface area contributed by atoms with Crippen LogP contribution in [0.4, 0.5) is 0 Å². The first kappa shape index (κ1) is 17.3. The van der Waals surface area contributed by atoms with E-state index in [1.807, 2.05) is 44.2 Å². The number of nitrogens with zero attached hydrogens (tertiary/aromatic N) is 1. The summed E-state index contributed by atoms with van der Waals surface area (Å²) >= 11 is 0. The highest BCUT2D eigenvalue weighted by Crippen LogP contribution is 2.17. The topological polar surface area (TPSA) is 65.2 Å². The molecular weight excluding hydrogens is 276 g/mol. The van der Waals surface area contributed by atoms with Crippen LogP contribution in [0.5, 0.6) is 5.88 Å². The Balaban J connectivity index is 0.00000116. The van der Waals surface area contributed by atoms with Crippen LogP contribution in [0, 0.1) is 11.8 Å². The van der Waals surface area contributed by atoms with Crippen LogP contribution in [0.2, 0.25) is 0 Å². The van der Waals surface area contributed by atoms with Crippen molar-refractivity contribution in [2.75, 3.05) is 7.11 Å². The number of hydrogen-bond acceptors (Lipinski definition) is 3. The third-order valence-electron chi connectivity index (χ3n) is 2.71. The lowest BCUT2D eigenvalue weighted by Gasteiger charge is -2.05. The molecule has 2 aromatic rings. The third kappa shape index (κ3) is 4.64. The molecule has 0 radical (unpaired) electrons. The van der Waals surface area contributed by atoms with Gasteiger partial charge in [-0.25, -0.2) is 4.98 Å². The summed E-state index contributed by atoms with van der Waals surface area (Å²) in [7, 11) is 1.44. The molecule has 4 nitrogen and oxygen atoms in total.